The Hall–Kier alpha value is -7.56. The number of fused-ring (bicyclic) bond motifs is 7. The van der Waals surface area contributed by atoms with Crippen molar-refractivity contribution in [1.29, 1.82) is 0 Å². The van der Waals surface area contributed by atoms with Gasteiger partial charge in [-0.15, -0.1) is 0 Å². The number of rotatable bonds is 6. The molecule has 56 heavy (non-hydrogen) atoms. The summed E-state index contributed by atoms with van der Waals surface area (Å²) >= 11 is 0. The zero-order valence-corrected chi connectivity index (χ0v) is 30.4. The molecule has 0 atom stereocenters. The fourth-order valence-electron chi connectivity index (χ4n) is 8.32. The Morgan fingerprint density at radius 3 is 1.30 bits per heavy atom. The zero-order chi connectivity index (χ0) is 37.0. The third kappa shape index (κ3) is 5.23. The first kappa shape index (κ1) is 31.9. The molecule has 8 aromatic carbocycles. The van der Waals surface area contributed by atoms with Crippen LogP contribution in [0.2, 0.25) is 0 Å². The molecule has 11 rings (SSSR count). The van der Waals surface area contributed by atoms with E-state index in [4.69, 9.17) is 9.97 Å². The molecule has 4 heteroatoms. The predicted molar refractivity (Wildman–Crippen MR) is 232 cm³/mol. The van der Waals surface area contributed by atoms with E-state index in [-0.39, 0.29) is 0 Å². The first-order valence-corrected chi connectivity index (χ1v) is 19.0. The SMILES string of the molecule is c1ccc(-c2ccc(-c3ccc(-c4nc(-c5ccccc5)cc(-n5c6ccccc6c6ccc7c8ccccc8n(-c8ccccc8)c7c65)n4)cc3)cc2)cc1. The van der Waals surface area contributed by atoms with Gasteiger partial charge in [0, 0.05) is 44.4 Å². The van der Waals surface area contributed by atoms with Crippen LogP contribution < -0.4 is 0 Å². The van der Waals surface area contributed by atoms with Crippen LogP contribution >= 0.6 is 0 Å². The molecular weight excluding hydrogens is 681 g/mol. The molecule has 0 radical (unpaired) electrons. The van der Waals surface area contributed by atoms with E-state index in [1.54, 1.807) is 0 Å². The van der Waals surface area contributed by atoms with Crippen molar-refractivity contribution in [1.82, 2.24) is 19.1 Å². The van der Waals surface area contributed by atoms with E-state index < -0.39 is 0 Å². The summed E-state index contributed by atoms with van der Waals surface area (Å²) in [4.78, 5) is 10.6. The lowest BCUT2D eigenvalue weighted by Gasteiger charge is -2.14. The molecule has 3 aromatic heterocycles. The topological polar surface area (TPSA) is 35.6 Å². The average molecular weight is 715 g/mol. The number of para-hydroxylation sites is 3. The van der Waals surface area contributed by atoms with Crippen molar-refractivity contribution < 1.29 is 0 Å². The molecule has 0 aliphatic rings. The summed E-state index contributed by atoms with van der Waals surface area (Å²) < 4.78 is 4.76. The number of hydrogen-bond donors (Lipinski definition) is 0. The predicted octanol–water partition coefficient (Wildman–Crippen LogP) is 13.3. The summed E-state index contributed by atoms with van der Waals surface area (Å²) in [7, 11) is 0. The maximum absolute atomic E-state index is 5.43. The maximum atomic E-state index is 5.43. The minimum atomic E-state index is 0.675. The van der Waals surface area contributed by atoms with Crippen LogP contribution in [-0.4, -0.2) is 19.1 Å². The van der Waals surface area contributed by atoms with Gasteiger partial charge in [0.25, 0.3) is 0 Å². The number of hydrogen-bond acceptors (Lipinski definition) is 2. The Bertz CT molecular complexity index is 3200. The summed E-state index contributed by atoms with van der Waals surface area (Å²) in [6, 6.07) is 73.1. The van der Waals surface area contributed by atoms with Gasteiger partial charge in [0.1, 0.15) is 5.82 Å². The van der Waals surface area contributed by atoms with E-state index in [9.17, 15) is 0 Å². The van der Waals surface area contributed by atoms with Crippen LogP contribution in [0.1, 0.15) is 0 Å². The molecule has 0 saturated heterocycles. The van der Waals surface area contributed by atoms with E-state index in [1.807, 2.05) is 6.07 Å². The van der Waals surface area contributed by atoms with E-state index in [0.29, 0.717) is 5.82 Å². The smallest absolute Gasteiger partial charge is 0.162 e. The van der Waals surface area contributed by atoms with Crippen LogP contribution in [0.25, 0.3) is 100 Å². The molecule has 0 bridgehead atoms. The third-order valence-electron chi connectivity index (χ3n) is 11.0. The van der Waals surface area contributed by atoms with Crippen LogP contribution in [0.15, 0.2) is 206 Å². The molecule has 11 aromatic rings. The second-order valence-corrected chi connectivity index (χ2v) is 14.2. The van der Waals surface area contributed by atoms with Crippen molar-refractivity contribution >= 4 is 43.6 Å². The van der Waals surface area contributed by atoms with E-state index in [0.717, 1.165) is 50.4 Å². The minimum Gasteiger partial charge on any atom is -0.307 e. The Morgan fingerprint density at radius 1 is 0.304 bits per heavy atom. The first-order chi connectivity index (χ1) is 27.8. The van der Waals surface area contributed by atoms with Crippen LogP contribution in [-0.2, 0) is 0 Å². The highest BCUT2D eigenvalue weighted by Gasteiger charge is 2.22. The van der Waals surface area contributed by atoms with Crippen LogP contribution in [0.4, 0.5) is 0 Å². The van der Waals surface area contributed by atoms with E-state index in [2.05, 4.69) is 209 Å². The lowest BCUT2D eigenvalue weighted by atomic mass is 9.99. The lowest BCUT2D eigenvalue weighted by molar-refractivity contribution is 1.05. The van der Waals surface area contributed by atoms with Gasteiger partial charge in [0.15, 0.2) is 5.82 Å². The molecule has 4 nitrogen and oxygen atoms in total. The fourth-order valence-corrected chi connectivity index (χ4v) is 8.32. The Morgan fingerprint density at radius 2 is 0.732 bits per heavy atom. The molecular formula is C52H34N4. The van der Waals surface area contributed by atoms with Crippen molar-refractivity contribution in [3.63, 3.8) is 0 Å². The Kier molecular flexibility index (Phi) is 7.46. The second-order valence-electron chi connectivity index (χ2n) is 14.2. The molecule has 0 amide bonds. The normalized spacial score (nSPS) is 11.6. The van der Waals surface area contributed by atoms with Gasteiger partial charge in [-0.2, -0.15) is 0 Å². The molecule has 3 heterocycles. The summed E-state index contributed by atoms with van der Waals surface area (Å²) in [5.41, 5.74) is 13.2. The summed E-state index contributed by atoms with van der Waals surface area (Å²) in [5.74, 6) is 1.49. The lowest BCUT2D eigenvalue weighted by Crippen LogP contribution is -2.04. The molecule has 0 fully saturated rings. The van der Waals surface area contributed by atoms with Gasteiger partial charge in [0.2, 0.25) is 0 Å². The van der Waals surface area contributed by atoms with Crippen molar-refractivity contribution in [3.05, 3.63) is 206 Å². The van der Waals surface area contributed by atoms with E-state index in [1.165, 1.54) is 43.8 Å². The van der Waals surface area contributed by atoms with Gasteiger partial charge in [0.05, 0.1) is 27.8 Å². The van der Waals surface area contributed by atoms with Crippen molar-refractivity contribution in [2.24, 2.45) is 0 Å². The van der Waals surface area contributed by atoms with Gasteiger partial charge in [-0.25, -0.2) is 9.97 Å². The van der Waals surface area contributed by atoms with Gasteiger partial charge >= 0.3 is 0 Å². The summed E-state index contributed by atoms with van der Waals surface area (Å²) in [6.07, 6.45) is 0. The number of benzene rings is 8. The van der Waals surface area contributed by atoms with Gasteiger partial charge in [-0.3, -0.25) is 4.57 Å². The van der Waals surface area contributed by atoms with E-state index >= 15 is 0 Å². The van der Waals surface area contributed by atoms with Crippen LogP contribution in [0.3, 0.4) is 0 Å². The van der Waals surface area contributed by atoms with Crippen LogP contribution in [0, 0.1) is 0 Å². The second kappa shape index (κ2) is 13.1. The summed E-state index contributed by atoms with van der Waals surface area (Å²) in [6.45, 7) is 0. The van der Waals surface area contributed by atoms with Gasteiger partial charge in [-0.1, -0.05) is 176 Å². The first-order valence-electron chi connectivity index (χ1n) is 19.0. The fraction of sp³-hybridized carbons (Fsp3) is 0. The highest BCUT2D eigenvalue weighted by atomic mass is 15.1. The Labute approximate surface area is 324 Å². The molecule has 0 saturated carbocycles. The zero-order valence-electron chi connectivity index (χ0n) is 30.4. The third-order valence-corrected chi connectivity index (χ3v) is 11.0. The minimum absolute atomic E-state index is 0.675. The molecule has 262 valence electrons. The largest absolute Gasteiger partial charge is 0.307 e. The molecule has 0 N–H and O–H groups in total. The standard InChI is InChI=1S/C52H34N4/c1-4-14-35(15-5-1)36-24-26-37(27-25-36)38-28-30-40(31-29-38)52-53-46(39-16-6-2-7-17-39)34-49(54-52)56-48-23-13-11-21-43(48)45-33-32-44-42-20-10-12-22-47(42)55(50(44)51(45)56)41-18-8-3-9-19-41/h1-34H. The van der Waals surface area contributed by atoms with Crippen molar-refractivity contribution in [2.45, 2.75) is 0 Å². The Balaban J connectivity index is 1.14. The highest BCUT2D eigenvalue weighted by Crippen LogP contribution is 2.42. The number of aromatic nitrogens is 4. The van der Waals surface area contributed by atoms with Gasteiger partial charge in [-0.05, 0) is 46.5 Å². The average Bonchev–Trinajstić information content (AvgIpc) is 3.80. The maximum Gasteiger partial charge on any atom is 0.162 e. The molecule has 0 spiro atoms. The van der Waals surface area contributed by atoms with Crippen molar-refractivity contribution in [3.8, 4) is 56.4 Å². The molecule has 0 aliphatic heterocycles. The quantitative estimate of drug-likeness (QED) is 0.172. The van der Waals surface area contributed by atoms with Crippen LogP contribution in [0.5, 0.6) is 0 Å². The van der Waals surface area contributed by atoms with Gasteiger partial charge < -0.3 is 4.57 Å². The molecule has 0 aliphatic carbocycles. The number of nitrogens with zero attached hydrogens (tertiary/aromatic N) is 4. The molecule has 0 unspecified atom stereocenters. The monoisotopic (exact) mass is 714 g/mol. The highest BCUT2D eigenvalue weighted by molar-refractivity contribution is 6.23. The summed E-state index contributed by atoms with van der Waals surface area (Å²) in [5, 5.41) is 4.77. The van der Waals surface area contributed by atoms with Crippen molar-refractivity contribution in [2.75, 3.05) is 0 Å².